The third-order valence-corrected chi connectivity index (χ3v) is 3.73. The van der Waals surface area contributed by atoms with Crippen molar-refractivity contribution in [2.24, 2.45) is 5.92 Å². The molecule has 0 fully saturated rings. The number of rotatable bonds is 9. The van der Waals surface area contributed by atoms with Crippen LogP contribution in [0.1, 0.15) is 52.0 Å². The predicted octanol–water partition coefficient (Wildman–Crippen LogP) is 3.75. The van der Waals surface area contributed by atoms with Crippen molar-refractivity contribution in [2.75, 3.05) is 13.2 Å². The maximum absolute atomic E-state index is 12.5. The molecule has 0 aliphatic carbocycles. The molecule has 1 aromatic carbocycles. The highest BCUT2D eigenvalue weighted by atomic mass is 16.5. The molecule has 0 saturated heterocycles. The summed E-state index contributed by atoms with van der Waals surface area (Å²) in [5.74, 6) is 0.390. The molecule has 118 valence electrons. The first-order valence-corrected chi connectivity index (χ1v) is 8.00. The number of nitrogens with one attached hydrogen (secondary N) is 1. The second kappa shape index (κ2) is 9.56. The molecule has 21 heavy (non-hydrogen) atoms. The second-order valence-corrected chi connectivity index (χ2v) is 5.84. The molecule has 3 heteroatoms. The topological polar surface area (TPSA) is 38.3 Å². The molecule has 1 N–H and O–H groups in total. The normalized spacial score (nSPS) is 14.0. The predicted molar refractivity (Wildman–Crippen MR) is 87.4 cm³/mol. The van der Waals surface area contributed by atoms with Gasteiger partial charge in [0.15, 0.2) is 0 Å². The van der Waals surface area contributed by atoms with Crippen molar-refractivity contribution < 1.29 is 9.53 Å². The van der Waals surface area contributed by atoms with Crippen LogP contribution in [-0.2, 0) is 9.53 Å². The summed E-state index contributed by atoms with van der Waals surface area (Å²) in [5, 5.41) is 3.05. The Morgan fingerprint density at radius 3 is 2.43 bits per heavy atom. The van der Waals surface area contributed by atoms with Gasteiger partial charge in [-0.15, -0.1) is 0 Å². The van der Waals surface area contributed by atoms with Crippen molar-refractivity contribution in [2.45, 2.75) is 52.6 Å². The number of hydrogen-bond acceptors (Lipinski definition) is 2. The summed E-state index contributed by atoms with van der Waals surface area (Å²) in [5.41, 5.74) is 1.10. The highest BCUT2D eigenvalue weighted by Crippen LogP contribution is 2.27. The van der Waals surface area contributed by atoms with Gasteiger partial charge in [0.1, 0.15) is 0 Å². The molecule has 0 radical (unpaired) electrons. The fraction of sp³-hybridized carbons (Fsp3) is 0.611. The first-order valence-electron chi connectivity index (χ1n) is 8.00. The third-order valence-electron chi connectivity index (χ3n) is 3.73. The summed E-state index contributed by atoms with van der Waals surface area (Å²) in [6.45, 7) is 9.67. The van der Waals surface area contributed by atoms with Gasteiger partial charge in [0, 0.05) is 13.2 Å². The maximum Gasteiger partial charge on any atom is 0.227 e. The van der Waals surface area contributed by atoms with Crippen molar-refractivity contribution in [1.82, 2.24) is 5.32 Å². The summed E-state index contributed by atoms with van der Waals surface area (Å²) >= 11 is 0. The lowest BCUT2D eigenvalue weighted by molar-refractivity contribution is -0.123. The van der Waals surface area contributed by atoms with Crippen LogP contribution < -0.4 is 5.32 Å². The van der Waals surface area contributed by atoms with E-state index in [0.29, 0.717) is 19.1 Å². The Labute approximate surface area is 129 Å². The quantitative estimate of drug-likeness (QED) is 0.704. The van der Waals surface area contributed by atoms with E-state index in [2.05, 4.69) is 19.2 Å². The molecule has 0 saturated carbocycles. The highest BCUT2D eigenvalue weighted by Gasteiger charge is 2.25. The largest absolute Gasteiger partial charge is 0.379 e. The van der Waals surface area contributed by atoms with E-state index in [0.717, 1.165) is 18.4 Å². The Hall–Kier alpha value is -1.35. The highest BCUT2D eigenvalue weighted by molar-refractivity contribution is 5.83. The van der Waals surface area contributed by atoms with Crippen LogP contribution in [0.4, 0.5) is 0 Å². The zero-order chi connectivity index (χ0) is 15.7. The molecular formula is C18H29NO2. The van der Waals surface area contributed by atoms with Crippen LogP contribution in [0.15, 0.2) is 30.3 Å². The molecule has 0 bridgehead atoms. The van der Waals surface area contributed by atoms with E-state index >= 15 is 0 Å². The molecule has 1 aromatic rings. The van der Waals surface area contributed by atoms with E-state index in [9.17, 15) is 4.79 Å². The first kappa shape index (κ1) is 17.7. The zero-order valence-corrected chi connectivity index (χ0v) is 13.8. The fourth-order valence-corrected chi connectivity index (χ4v) is 2.35. The minimum Gasteiger partial charge on any atom is -0.379 e. The molecule has 1 rings (SSSR count). The Kier molecular flexibility index (Phi) is 8.06. The minimum atomic E-state index is -0.0674. The smallest absolute Gasteiger partial charge is 0.227 e. The molecule has 0 aliphatic heterocycles. The van der Waals surface area contributed by atoms with Crippen LogP contribution >= 0.6 is 0 Å². The molecule has 1 amide bonds. The van der Waals surface area contributed by atoms with Crippen LogP contribution in [0, 0.1) is 5.92 Å². The molecule has 2 unspecified atom stereocenters. The summed E-state index contributed by atoms with van der Waals surface area (Å²) in [7, 11) is 0. The number of carbonyl (C=O) groups is 1. The first-order chi connectivity index (χ1) is 10.1. The van der Waals surface area contributed by atoms with Crippen LogP contribution in [0.3, 0.4) is 0 Å². The van der Waals surface area contributed by atoms with Gasteiger partial charge in [0.25, 0.3) is 0 Å². The van der Waals surface area contributed by atoms with Gasteiger partial charge in [-0.2, -0.15) is 0 Å². The maximum atomic E-state index is 12.5. The Morgan fingerprint density at radius 2 is 1.86 bits per heavy atom. The van der Waals surface area contributed by atoms with E-state index < -0.39 is 0 Å². The minimum absolute atomic E-state index is 0.0674. The lowest BCUT2D eigenvalue weighted by atomic mass is 9.85. The van der Waals surface area contributed by atoms with Crippen LogP contribution in [0.2, 0.25) is 0 Å². The molecule has 0 aliphatic rings. The monoisotopic (exact) mass is 291 g/mol. The van der Waals surface area contributed by atoms with E-state index in [1.54, 1.807) is 0 Å². The van der Waals surface area contributed by atoms with Gasteiger partial charge >= 0.3 is 0 Å². The van der Waals surface area contributed by atoms with Gasteiger partial charge in [-0.05, 0) is 31.7 Å². The lowest BCUT2D eigenvalue weighted by Gasteiger charge is -2.22. The van der Waals surface area contributed by atoms with Crippen molar-refractivity contribution in [3.05, 3.63) is 35.9 Å². The average molecular weight is 291 g/mol. The van der Waals surface area contributed by atoms with Crippen LogP contribution in [0.25, 0.3) is 0 Å². The van der Waals surface area contributed by atoms with E-state index in [1.165, 1.54) is 0 Å². The third kappa shape index (κ3) is 6.30. The lowest BCUT2D eigenvalue weighted by Crippen LogP contribution is -2.33. The molecule has 0 aromatic heterocycles. The molecular weight excluding hydrogens is 262 g/mol. The van der Waals surface area contributed by atoms with Crippen molar-refractivity contribution in [1.29, 1.82) is 0 Å². The Bertz CT molecular complexity index is 403. The number of benzene rings is 1. The van der Waals surface area contributed by atoms with Gasteiger partial charge in [0.2, 0.25) is 5.91 Å². The number of hydrogen-bond donors (Lipinski definition) is 1. The van der Waals surface area contributed by atoms with Gasteiger partial charge in [-0.1, -0.05) is 50.6 Å². The van der Waals surface area contributed by atoms with Gasteiger partial charge in [-0.25, -0.2) is 0 Å². The van der Waals surface area contributed by atoms with Crippen molar-refractivity contribution >= 4 is 5.91 Å². The molecule has 3 nitrogen and oxygen atoms in total. The number of ether oxygens (including phenoxy) is 1. The van der Waals surface area contributed by atoms with Gasteiger partial charge in [-0.3, -0.25) is 4.79 Å². The van der Waals surface area contributed by atoms with Gasteiger partial charge in [0.05, 0.1) is 12.0 Å². The second-order valence-electron chi connectivity index (χ2n) is 5.84. The average Bonchev–Trinajstić information content (AvgIpc) is 2.47. The summed E-state index contributed by atoms with van der Waals surface area (Å²) in [6, 6.07) is 10.1. The van der Waals surface area contributed by atoms with Crippen LogP contribution in [-0.4, -0.2) is 25.2 Å². The number of carbonyl (C=O) groups excluding carboxylic acids is 1. The molecule has 0 spiro atoms. The summed E-state index contributed by atoms with van der Waals surface area (Å²) in [6.07, 6.45) is 2.09. The van der Waals surface area contributed by atoms with E-state index in [-0.39, 0.29) is 17.9 Å². The summed E-state index contributed by atoms with van der Waals surface area (Å²) in [4.78, 5) is 12.5. The van der Waals surface area contributed by atoms with E-state index in [4.69, 9.17) is 4.74 Å². The standard InChI is InChI=1S/C18H29NO2/c1-5-15(4)17(16-10-7-6-8-11-16)18(20)19-12-9-13-21-14(2)3/h6-8,10-11,14-15,17H,5,9,12-13H2,1-4H3,(H,19,20). The van der Waals surface area contributed by atoms with E-state index in [1.807, 2.05) is 44.2 Å². The van der Waals surface area contributed by atoms with Crippen molar-refractivity contribution in [3.8, 4) is 0 Å². The van der Waals surface area contributed by atoms with Gasteiger partial charge < -0.3 is 10.1 Å². The fourth-order valence-electron chi connectivity index (χ4n) is 2.35. The Balaban J connectivity index is 2.53. The zero-order valence-electron chi connectivity index (χ0n) is 13.8. The van der Waals surface area contributed by atoms with Crippen molar-refractivity contribution in [3.63, 3.8) is 0 Å². The Morgan fingerprint density at radius 1 is 1.19 bits per heavy atom. The number of amides is 1. The summed E-state index contributed by atoms with van der Waals surface area (Å²) < 4.78 is 5.49. The SMILES string of the molecule is CCC(C)C(C(=O)NCCCOC(C)C)c1ccccc1. The van der Waals surface area contributed by atoms with Crippen LogP contribution in [0.5, 0.6) is 0 Å². The molecule has 2 atom stereocenters. The molecule has 0 heterocycles.